The van der Waals surface area contributed by atoms with Crippen LogP contribution in [-0.2, 0) is 16.1 Å². The highest BCUT2D eigenvalue weighted by Crippen LogP contribution is 2.08. The van der Waals surface area contributed by atoms with Crippen molar-refractivity contribution in [3.8, 4) is 0 Å². The molecule has 22 heavy (non-hydrogen) atoms. The van der Waals surface area contributed by atoms with Gasteiger partial charge in [0.15, 0.2) is 0 Å². The molecular weight excluding hydrogens is 285 g/mol. The Bertz CT molecular complexity index is 658. The van der Waals surface area contributed by atoms with Crippen LogP contribution in [0.1, 0.15) is 22.8 Å². The number of ether oxygens (including phenoxy) is 1. The molecule has 2 aromatic carbocycles. The third-order valence-electron chi connectivity index (χ3n) is 3.06. The van der Waals surface area contributed by atoms with Gasteiger partial charge in [0.1, 0.15) is 18.5 Å². The van der Waals surface area contributed by atoms with Crippen molar-refractivity contribution in [1.29, 1.82) is 0 Å². The molecule has 114 valence electrons. The van der Waals surface area contributed by atoms with Crippen LogP contribution in [0, 0.1) is 5.82 Å². The van der Waals surface area contributed by atoms with Crippen molar-refractivity contribution in [1.82, 2.24) is 5.32 Å². The zero-order chi connectivity index (χ0) is 15.9. The number of benzene rings is 2. The third kappa shape index (κ3) is 4.15. The van der Waals surface area contributed by atoms with E-state index in [1.54, 1.807) is 42.5 Å². The molecule has 5 heteroatoms. The molecule has 0 saturated carbocycles. The summed E-state index contributed by atoms with van der Waals surface area (Å²) in [6.45, 7) is 1.35. The lowest BCUT2D eigenvalue weighted by molar-refractivity contribution is -0.146. The van der Waals surface area contributed by atoms with Crippen molar-refractivity contribution in [3.05, 3.63) is 71.5 Å². The minimum absolute atomic E-state index is 0.170. The second-order valence-electron chi connectivity index (χ2n) is 4.76. The van der Waals surface area contributed by atoms with Crippen molar-refractivity contribution >= 4 is 11.9 Å². The third-order valence-corrected chi connectivity index (χ3v) is 3.06. The summed E-state index contributed by atoms with van der Waals surface area (Å²) >= 11 is 0. The Morgan fingerprint density at radius 2 is 1.73 bits per heavy atom. The van der Waals surface area contributed by atoms with E-state index in [1.807, 2.05) is 0 Å². The van der Waals surface area contributed by atoms with E-state index in [0.29, 0.717) is 5.56 Å². The van der Waals surface area contributed by atoms with E-state index < -0.39 is 17.8 Å². The topological polar surface area (TPSA) is 55.4 Å². The monoisotopic (exact) mass is 301 g/mol. The molecule has 0 spiro atoms. The lowest BCUT2D eigenvalue weighted by atomic mass is 10.2. The van der Waals surface area contributed by atoms with E-state index in [1.165, 1.54) is 19.1 Å². The molecule has 0 radical (unpaired) electrons. The van der Waals surface area contributed by atoms with Crippen LogP contribution < -0.4 is 5.32 Å². The summed E-state index contributed by atoms with van der Waals surface area (Å²) in [6, 6.07) is 13.8. The molecule has 0 fully saturated rings. The number of halogens is 1. The van der Waals surface area contributed by atoms with Crippen molar-refractivity contribution in [2.75, 3.05) is 0 Å². The fourth-order valence-electron chi connectivity index (χ4n) is 1.82. The van der Waals surface area contributed by atoms with Crippen LogP contribution in [0.5, 0.6) is 0 Å². The smallest absolute Gasteiger partial charge is 0.328 e. The first-order chi connectivity index (χ1) is 10.6. The molecule has 0 aliphatic heterocycles. The lowest BCUT2D eigenvalue weighted by Gasteiger charge is -2.13. The predicted molar refractivity (Wildman–Crippen MR) is 79.6 cm³/mol. The Morgan fingerprint density at radius 3 is 2.41 bits per heavy atom. The summed E-state index contributed by atoms with van der Waals surface area (Å²) in [5.74, 6) is -1.42. The minimum Gasteiger partial charge on any atom is -0.459 e. The van der Waals surface area contributed by atoms with Gasteiger partial charge in [-0.15, -0.1) is 0 Å². The average Bonchev–Trinajstić information content (AvgIpc) is 2.54. The number of carbonyl (C=O) groups excluding carboxylic acids is 2. The maximum absolute atomic E-state index is 13.4. The van der Waals surface area contributed by atoms with Gasteiger partial charge in [0.25, 0.3) is 5.91 Å². The molecule has 0 aliphatic carbocycles. The summed E-state index contributed by atoms with van der Waals surface area (Å²) in [5, 5.41) is 2.54. The molecule has 1 unspecified atom stereocenters. The molecule has 0 aromatic heterocycles. The molecule has 0 aliphatic rings. The quantitative estimate of drug-likeness (QED) is 0.864. The predicted octanol–water partition coefficient (Wildman–Crippen LogP) is 2.69. The molecule has 2 rings (SSSR count). The van der Waals surface area contributed by atoms with Crippen LogP contribution in [0.4, 0.5) is 4.39 Å². The van der Waals surface area contributed by atoms with E-state index in [9.17, 15) is 14.0 Å². The maximum atomic E-state index is 13.4. The average molecular weight is 301 g/mol. The number of amides is 1. The van der Waals surface area contributed by atoms with E-state index >= 15 is 0 Å². The van der Waals surface area contributed by atoms with Gasteiger partial charge in [0, 0.05) is 11.1 Å². The first-order valence-corrected chi connectivity index (χ1v) is 6.84. The van der Waals surface area contributed by atoms with Crippen molar-refractivity contribution in [2.24, 2.45) is 0 Å². The SMILES string of the molecule is CC(NC(=O)c1ccccc1)C(=O)OCc1ccccc1F. The van der Waals surface area contributed by atoms with Crippen molar-refractivity contribution < 1.29 is 18.7 Å². The molecular formula is C17H16FNO3. The highest BCUT2D eigenvalue weighted by Gasteiger charge is 2.18. The minimum atomic E-state index is -0.820. The highest BCUT2D eigenvalue weighted by molar-refractivity contribution is 5.96. The zero-order valence-electron chi connectivity index (χ0n) is 12.1. The summed E-state index contributed by atoms with van der Waals surface area (Å²) in [7, 11) is 0. The van der Waals surface area contributed by atoms with Gasteiger partial charge in [-0.3, -0.25) is 4.79 Å². The van der Waals surface area contributed by atoms with Crippen LogP contribution in [0.2, 0.25) is 0 Å². The normalized spacial score (nSPS) is 11.5. The molecule has 1 atom stereocenters. The van der Waals surface area contributed by atoms with Crippen molar-refractivity contribution in [3.63, 3.8) is 0 Å². The standard InChI is InChI=1S/C17H16FNO3/c1-12(19-16(20)13-7-3-2-4-8-13)17(21)22-11-14-9-5-6-10-15(14)18/h2-10,12H,11H2,1H3,(H,19,20). The second kappa shape index (κ2) is 7.36. The van der Waals surface area contributed by atoms with Crippen LogP contribution in [0.3, 0.4) is 0 Å². The fraction of sp³-hybridized carbons (Fsp3) is 0.176. The van der Waals surface area contributed by atoms with E-state index in [4.69, 9.17) is 4.74 Å². The summed E-state index contributed by atoms with van der Waals surface area (Å²) in [6.07, 6.45) is 0. The fourth-order valence-corrected chi connectivity index (χ4v) is 1.82. The van der Waals surface area contributed by atoms with Gasteiger partial charge in [-0.25, -0.2) is 9.18 Å². The van der Waals surface area contributed by atoms with Gasteiger partial charge < -0.3 is 10.1 Å². The maximum Gasteiger partial charge on any atom is 0.328 e. The molecule has 4 nitrogen and oxygen atoms in total. The van der Waals surface area contributed by atoms with Gasteiger partial charge in [0.2, 0.25) is 0 Å². The van der Waals surface area contributed by atoms with Gasteiger partial charge in [-0.2, -0.15) is 0 Å². The summed E-state index contributed by atoms with van der Waals surface area (Å²) in [5.41, 5.74) is 0.744. The van der Waals surface area contributed by atoms with Crippen LogP contribution in [0.15, 0.2) is 54.6 Å². The summed E-state index contributed by atoms with van der Waals surface area (Å²) in [4.78, 5) is 23.7. The number of esters is 1. The number of nitrogens with one attached hydrogen (secondary N) is 1. The van der Waals surface area contributed by atoms with Gasteiger partial charge in [-0.05, 0) is 25.1 Å². The largest absolute Gasteiger partial charge is 0.459 e. The Kier molecular flexibility index (Phi) is 5.25. The van der Waals surface area contributed by atoms with Crippen molar-refractivity contribution in [2.45, 2.75) is 19.6 Å². The van der Waals surface area contributed by atoms with Gasteiger partial charge in [0.05, 0.1) is 0 Å². The van der Waals surface area contributed by atoms with Crippen LogP contribution in [0.25, 0.3) is 0 Å². The first kappa shape index (κ1) is 15.7. The highest BCUT2D eigenvalue weighted by atomic mass is 19.1. The van der Waals surface area contributed by atoms with E-state index in [-0.39, 0.29) is 18.1 Å². The number of hydrogen-bond donors (Lipinski definition) is 1. The van der Waals surface area contributed by atoms with E-state index in [0.717, 1.165) is 0 Å². The Balaban J connectivity index is 1.87. The van der Waals surface area contributed by atoms with E-state index in [2.05, 4.69) is 5.32 Å². The summed E-state index contributed by atoms with van der Waals surface area (Å²) < 4.78 is 18.4. The van der Waals surface area contributed by atoms with Gasteiger partial charge >= 0.3 is 5.97 Å². The number of carbonyl (C=O) groups is 2. The molecule has 1 amide bonds. The molecule has 0 bridgehead atoms. The molecule has 0 saturated heterocycles. The Hall–Kier alpha value is -2.69. The lowest BCUT2D eigenvalue weighted by Crippen LogP contribution is -2.39. The second-order valence-corrected chi connectivity index (χ2v) is 4.76. The first-order valence-electron chi connectivity index (χ1n) is 6.84. The molecule has 1 N–H and O–H groups in total. The van der Waals surface area contributed by atoms with Crippen LogP contribution in [-0.4, -0.2) is 17.9 Å². The Labute approximate surface area is 127 Å². The zero-order valence-corrected chi connectivity index (χ0v) is 12.1. The molecule has 0 heterocycles. The number of hydrogen-bond acceptors (Lipinski definition) is 3. The van der Waals surface area contributed by atoms with Crippen LogP contribution >= 0.6 is 0 Å². The Morgan fingerprint density at radius 1 is 1.09 bits per heavy atom. The van der Waals surface area contributed by atoms with Gasteiger partial charge in [-0.1, -0.05) is 36.4 Å². The molecule has 2 aromatic rings. The number of rotatable bonds is 5.